The smallest absolute Gasteiger partial charge is 0.236 e. The lowest BCUT2D eigenvalue weighted by atomic mass is 9.42. The van der Waals surface area contributed by atoms with E-state index in [0.29, 0.717) is 16.7 Å². The number of halogens is 1. The first-order valence-corrected chi connectivity index (χ1v) is 8.71. The van der Waals surface area contributed by atoms with Crippen LogP contribution in [0.15, 0.2) is 0 Å². The van der Waals surface area contributed by atoms with E-state index in [0.717, 1.165) is 18.9 Å². The van der Waals surface area contributed by atoms with Gasteiger partial charge in [0.05, 0.1) is 4.83 Å². The number of carbonyl (C=O) groups is 1. The molecule has 0 N–H and O–H groups in total. The molecule has 3 atom stereocenters. The van der Waals surface area contributed by atoms with Crippen LogP contribution in [0.4, 0.5) is 0 Å². The van der Waals surface area contributed by atoms with Crippen molar-refractivity contribution < 1.29 is 4.79 Å². The van der Waals surface area contributed by atoms with E-state index in [4.69, 9.17) is 0 Å². The predicted octanol–water partition coefficient (Wildman–Crippen LogP) is 3.73. The lowest BCUT2D eigenvalue weighted by Gasteiger charge is -2.67. The maximum absolute atomic E-state index is 12.5. The molecule has 4 bridgehead atoms. The molecule has 5 fully saturated rings. The van der Waals surface area contributed by atoms with E-state index in [2.05, 4.69) is 34.7 Å². The Morgan fingerprint density at radius 2 is 1.74 bits per heavy atom. The van der Waals surface area contributed by atoms with Crippen LogP contribution in [-0.4, -0.2) is 27.7 Å². The fourth-order valence-corrected chi connectivity index (χ4v) is 7.26. The molecule has 0 spiro atoms. The summed E-state index contributed by atoms with van der Waals surface area (Å²) in [6.45, 7) is 5.95. The van der Waals surface area contributed by atoms with Crippen molar-refractivity contribution in [3.05, 3.63) is 0 Å². The van der Waals surface area contributed by atoms with Gasteiger partial charge in [-0.3, -0.25) is 4.79 Å². The fourth-order valence-electron chi connectivity index (χ4n) is 6.80. The summed E-state index contributed by atoms with van der Waals surface area (Å²) >= 11 is 3.56. The van der Waals surface area contributed by atoms with Gasteiger partial charge in [-0.05, 0) is 61.7 Å². The minimum Gasteiger partial charge on any atom is -0.336 e. The summed E-state index contributed by atoms with van der Waals surface area (Å²) in [5.74, 6) is 1.24. The third-order valence-corrected chi connectivity index (χ3v) is 7.16. The first kappa shape index (κ1) is 12.7. The van der Waals surface area contributed by atoms with Crippen LogP contribution in [0.1, 0.15) is 58.8 Å². The molecule has 1 heterocycles. The normalized spacial score (nSPS) is 56.2. The van der Waals surface area contributed by atoms with Crippen LogP contribution in [0.25, 0.3) is 0 Å². The van der Waals surface area contributed by atoms with Crippen LogP contribution in [0.2, 0.25) is 0 Å². The quantitative estimate of drug-likeness (QED) is 0.673. The molecule has 0 aromatic rings. The number of hydrogen-bond donors (Lipinski definition) is 0. The van der Waals surface area contributed by atoms with Crippen molar-refractivity contribution in [1.29, 1.82) is 0 Å². The number of alkyl halides is 1. The number of nitrogens with zero attached hydrogens (tertiary/aromatic N) is 1. The van der Waals surface area contributed by atoms with Gasteiger partial charge in [0.15, 0.2) is 0 Å². The summed E-state index contributed by atoms with van der Waals surface area (Å²) in [7, 11) is 0. The Kier molecular flexibility index (Phi) is 2.39. The molecule has 0 aromatic carbocycles. The third-order valence-electron chi connectivity index (χ3n) is 6.31. The molecule has 1 amide bonds. The minimum atomic E-state index is 0.0844. The Labute approximate surface area is 124 Å². The summed E-state index contributed by atoms with van der Waals surface area (Å²) in [6, 6.07) is 0. The molecule has 5 aliphatic rings. The molecule has 5 rings (SSSR count). The van der Waals surface area contributed by atoms with Crippen LogP contribution in [-0.2, 0) is 4.79 Å². The van der Waals surface area contributed by atoms with E-state index in [1.165, 1.54) is 38.5 Å². The second-order valence-electron chi connectivity index (χ2n) is 8.60. The highest BCUT2D eigenvalue weighted by atomic mass is 79.9. The topological polar surface area (TPSA) is 20.3 Å². The molecular weight excluding hydrogens is 302 g/mol. The lowest BCUT2D eigenvalue weighted by molar-refractivity contribution is -0.170. The van der Waals surface area contributed by atoms with Crippen molar-refractivity contribution in [2.24, 2.45) is 16.7 Å². The fraction of sp³-hybridized carbons (Fsp3) is 0.938. The summed E-state index contributed by atoms with van der Waals surface area (Å²) in [6.07, 6.45) is 9.00. The highest BCUT2D eigenvalue weighted by molar-refractivity contribution is 9.10. The SMILES string of the molecule is CC12CC3CC(C)(C1)CC(N1CCC(Br)C1=O)(C3)C2. The first-order chi connectivity index (χ1) is 8.83. The summed E-state index contributed by atoms with van der Waals surface area (Å²) in [5, 5.41) is 0. The molecule has 4 saturated carbocycles. The van der Waals surface area contributed by atoms with Crippen molar-refractivity contribution in [3.63, 3.8) is 0 Å². The minimum absolute atomic E-state index is 0.0844. The van der Waals surface area contributed by atoms with Gasteiger partial charge in [0.25, 0.3) is 0 Å². The average Bonchev–Trinajstić information content (AvgIpc) is 2.54. The van der Waals surface area contributed by atoms with E-state index < -0.39 is 0 Å². The highest BCUT2D eigenvalue weighted by Crippen LogP contribution is 2.68. The van der Waals surface area contributed by atoms with Gasteiger partial charge in [0, 0.05) is 12.1 Å². The Morgan fingerprint density at radius 3 is 2.21 bits per heavy atom. The van der Waals surface area contributed by atoms with Gasteiger partial charge in [-0.15, -0.1) is 0 Å². The van der Waals surface area contributed by atoms with Crippen LogP contribution >= 0.6 is 15.9 Å². The number of likely N-dealkylation sites (tertiary alicyclic amines) is 1. The zero-order chi connectivity index (χ0) is 13.5. The number of rotatable bonds is 1. The van der Waals surface area contributed by atoms with Gasteiger partial charge in [-0.1, -0.05) is 29.8 Å². The second-order valence-corrected chi connectivity index (χ2v) is 9.71. The third kappa shape index (κ3) is 1.69. The molecule has 1 saturated heterocycles. The number of amides is 1. The molecule has 19 heavy (non-hydrogen) atoms. The number of hydrogen-bond acceptors (Lipinski definition) is 1. The summed E-state index contributed by atoms with van der Waals surface area (Å²) < 4.78 is 0. The molecular formula is C16H24BrNO. The van der Waals surface area contributed by atoms with Crippen LogP contribution in [0.3, 0.4) is 0 Å². The molecule has 106 valence electrons. The summed E-state index contributed by atoms with van der Waals surface area (Å²) in [5.41, 5.74) is 1.21. The highest BCUT2D eigenvalue weighted by Gasteiger charge is 2.63. The molecule has 1 aliphatic heterocycles. The van der Waals surface area contributed by atoms with Crippen molar-refractivity contribution >= 4 is 21.8 Å². The second kappa shape index (κ2) is 3.58. The van der Waals surface area contributed by atoms with Gasteiger partial charge in [-0.25, -0.2) is 0 Å². The molecule has 0 aromatic heterocycles. The molecule has 0 radical (unpaired) electrons. The number of carbonyl (C=O) groups excluding carboxylic acids is 1. The zero-order valence-corrected chi connectivity index (χ0v) is 13.6. The monoisotopic (exact) mass is 325 g/mol. The molecule has 2 nitrogen and oxygen atoms in total. The van der Waals surface area contributed by atoms with E-state index in [-0.39, 0.29) is 10.4 Å². The van der Waals surface area contributed by atoms with E-state index >= 15 is 0 Å². The van der Waals surface area contributed by atoms with E-state index in [1.807, 2.05) is 0 Å². The maximum atomic E-state index is 12.5. The van der Waals surface area contributed by atoms with Gasteiger partial charge >= 0.3 is 0 Å². The molecule has 3 unspecified atom stereocenters. The lowest BCUT2D eigenvalue weighted by Crippen LogP contribution is -2.65. The largest absolute Gasteiger partial charge is 0.336 e. The zero-order valence-electron chi connectivity index (χ0n) is 12.0. The average molecular weight is 326 g/mol. The van der Waals surface area contributed by atoms with E-state index in [9.17, 15) is 4.79 Å². The molecule has 4 aliphatic carbocycles. The van der Waals surface area contributed by atoms with Crippen LogP contribution in [0.5, 0.6) is 0 Å². The first-order valence-electron chi connectivity index (χ1n) is 7.79. The van der Waals surface area contributed by atoms with Crippen molar-refractivity contribution in [2.45, 2.75) is 69.2 Å². The summed E-state index contributed by atoms with van der Waals surface area (Å²) in [4.78, 5) is 14.9. The Hall–Kier alpha value is -0.0500. The standard InChI is InChI=1S/C16H24BrNO/c1-14-5-11-6-15(2,8-14)10-16(7-11,9-14)18-4-3-12(17)13(18)19/h11-12H,3-10H2,1-2H3. The van der Waals surface area contributed by atoms with Gasteiger partial charge in [0.1, 0.15) is 0 Å². The van der Waals surface area contributed by atoms with Gasteiger partial charge < -0.3 is 4.90 Å². The molecule has 3 heteroatoms. The van der Waals surface area contributed by atoms with Crippen LogP contribution < -0.4 is 0 Å². The Balaban J connectivity index is 1.73. The van der Waals surface area contributed by atoms with Crippen molar-refractivity contribution in [2.75, 3.05) is 6.54 Å². The maximum Gasteiger partial charge on any atom is 0.236 e. The van der Waals surface area contributed by atoms with Gasteiger partial charge in [-0.2, -0.15) is 0 Å². The van der Waals surface area contributed by atoms with Crippen molar-refractivity contribution in [1.82, 2.24) is 4.90 Å². The van der Waals surface area contributed by atoms with Crippen molar-refractivity contribution in [3.8, 4) is 0 Å². The predicted molar refractivity (Wildman–Crippen MR) is 79.2 cm³/mol. The van der Waals surface area contributed by atoms with E-state index in [1.54, 1.807) is 0 Å². The Morgan fingerprint density at radius 1 is 1.11 bits per heavy atom. The van der Waals surface area contributed by atoms with Gasteiger partial charge in [0.2, 0.25) is 5.91 Å². The Bertz CT molecular complexity index is 430. The van der Waals surface area contributed by atoms with Crippen LogP contribution in [0, 0.1) is 16.7 Å².